The number of hydrogen-bond donors (Lipinski definition) is 0. The zero-order valence-electron chi connectivity index (χ0n) is 10.3. The molecule has 0 bridgehead atoms. The van der Waals surface area contributed by atoms with Crippen LogP contribution >= 0.6 is 0 Å². The molecule has 108 valence electrons. The highest BCUT2D eigenvalue weighted by molar-refractivity contribution is 8.09. The van der Waals surface area contributed by atoms with Crippen LogP contribution in [0.25, 0.3) is 0 Å². The topological polar surface area (TPSA) is 55.7 Å². The van der Waals surface area contributed by atoms with Gasteiger partial charge in [-0.3, -0.25) is 0 Å². The lowest BCUT2D eigenvalue weighted by molar-refractivity contribution is -0.138. The third kappa shape index (κ3) is 3.01. The van der Waals surface area contributed by atoms with Crippen LogP contribution in [-0.4, -0.2) is 20.1 Å². The molecule has 4 nitrogen and oxygen atoms in total. The Morgan fingerprint density at radius 3 is 2.45 bits per heavy atom. The number of benzene rings is 1. The summed E-state index contributed by atoms with van der Waals surface area (Å²) in [5.41, 5.74) is -0.846. The van der Waals surface area contributed by atoms with E-state index in [4.69, 9.17) is 4.74 Å². The number of hydrogen-bond acceptors (Lipinski definition) is 4. The van der Waals surface area contributed by atoms with Crippen LogP contribution in [0.4, 0.5) is 13.2 Å². The van der Waals surface area contributed by atoms with Crippen LogP contribution in [0.3, 0.4) is 0 Å². The second-order valence-corrected chi connectivity index (χ2v) is 5.98. The lowest BCUT2D eigenvalue weighted by atomic mass is 10.2. The van der Waals surface area contributed by atoms with E-state index < -0.39 is 21.6 Å². The molecule has 0 fully saturated rings. The summed E-state index contributed by atoms with van der Waals surface area (Å²) in [6.45, 7) is 0.964. The third-order valence-electron chi connectivity index (χ3n) is 2.57. The largest absolute Gasteiger partial charge is 0.487 e. The van der Waals surface area contributed by atoms with E-state index in [2.05, 4.69) is 4.99 Å². The predicted octanol–water partition coefficient (Wildman–Crippen LogP) is 2.77. The molecule has 0 atom stereocenters. The monoisotopic (exact) mass is 305 g/mol. The van der Waals surface area contributed by atoms with Crippen LogP contribution in [0.2, 0.25) is 0 Å². The zero-order chi connectivity index (χ0) is 15.0. The van der Waals surface area contributed by atoms with E-state index in [-0.39, 0.29) is 23.1 Å². The number of halogens is 3. The fourth-order valence-corrected chi connectivity index (χ4v) is 2.50. The Balaban J connectivity index is 2.18. The van der Waals surface area contributed by atoms with Crippen molar-refractivity contribution in [1.29, 1.82) is 0 Å². The van der Waals surface area contributed by atoms with Crippen molar-refractivity contribution < 1.29 is 26.3 Å². The molecule has 0 amide bonds. The normalized spacial score (nSPS) is 17.6. The Morgan fingerprint density at radius 2 is 1.90 bits per heavy atom. The van der Waals surface area contributed by atoms with Gasteiger partial charge < -0.3 is 4.74 Å². The molecule has 1 aromatic carbocycles. The number of sulfone groups is 1. The second kappa shape index (κ2) is 4.93. The Kier molecular flexibility index (Phi) is 3.59. The van der Waals surface area contributed by atoms with Crippen molar-refractivity contribution in [2.75, 3.05) is 6.61 Å². The molecule has 20 heavy (non-hydrogen) atoms. The SMILES string of the molecule is CC1=NC(COc2ccccc2C(F)(F)F)=CS1(=O)=O. The molecule has 8 heteroatoms. The first-order valence-corrected chi connectivity index (χ1v) is 7.05. The highest BCUT2D eigenvalue weighted by Gasteiger charge is 2.34. The van der Waals surface area contributed by atoms with Crippen LogP contribution in [0.15, 0.2) is 40.4 Å². The van der Waals surface area contributed by atoms with Crippen molar-refractivity contribution in [3.05, 3.63) is 40.9 Å². The van der Waals surface area contributed by atoms with E-state index >= 15 is 0 Å². The quantitative estimate of drug-likeness (QED) is 0.863. The number of para-hydroxylation sites is 1. The summed E-state index contributed by atoms with van der Waals surface area (Å²) in [5.74, 6) is -0.363. The first-order chi connectivity index (χ1) is 9.20. The van der Waals surface area contributed by atoms with Crippen molar-refractivity contribution in [2.45, 2.75) is 13.1 Å². The lowest BCUT2D eigenvalue weighted by Gasteiger charge is -2.13. The first-order valence-electron chi connectivity index (χ1n) is 5.50. The molecule has 0 spiro atoms. The van der Waals surface area contributed by atoms with Gasteiger partial charge >= 0.3 is 6.18 Å². The third-order valence-corrected chi connectivity index (χ3v) is 4.07. The van der Waals surface area contributed by atoms with E-state index in [1.165, 1.54) is 25.1 Å². The van der Waals surface area contributed by atoms with E-state index in [9.17, 15) is 21.6 Å². The summed E-state index contributed by atoms with van der Waals surface area (Å²) in [7, 11) is -3.53. The van der Waals surface area contributed by atoms with Crippen molar-refractivity contribution >= 4 is 14.9 Å². The zero-order valence-corrected chi connectivity index (χ0v) is 11.1. The summed E-state index contributed by atoms with van der Waals surface area (Å²) in [6, 6.07) is 4.71. The van der Waals surface area contributed by atoms with Gasteiger partial charge in [0.05, 0.1) is 16.7 Å². The number of rotatable bonds is 3. The smallest absolute Gasteiger partial charge is 0.419 e. The second-order valence-electron chi connectivity index (χ2n) is 4.07. The van der Waals surface area contributed by atoms with Gasteiger partial charge in [-0.25, -0.2) is 13.4 Å². The molecule has 1 aromatic rings. The molecule has 0 radical (unpaired) electrons. The predicted molar refractivity (Wildman–Crippen MR) is 67.1 cm³/mol. The highest BCUT2D eigenvalue weighted by Crippen LogP contribution is 2.36. The van der Waals surface area contributed by atoms with E-state index in [1.54, 1.807) is 0 Å². The average molecular weight is 305 g/mol. The van der Waals surface area contributed by atoms with Gasteiger partial charge in [0.2, 0.25) is 9.84 Å². The molecule has 0 aliphatic carbocycles. The Hall–Kier alpha value is -1.83. The summed E-state index contributed by atoms with van der Waals surface area (Å²) in [6.07, 6.45) is -4.54. The van der Waals surface area contributed by atoms with Gasteiger partial charge in [0.25, 0.3) is 0 Å². The Morgan fingerprint density at radius 1 is 1.25 bits per heavy atom. The van der Waals surface area contributed by atoms with Gasteiger partial charge in [0, 0.05) is 0 Å². The maximum atomic E-state index is 12.7. The molecule has 1 heterocycles. The molecule has 2 rings (SSSR count). The summed E-state index contributed by atoms with van der Waals surface area (Å²) >= 11 is 0. The van der Waals surface area contributed by atoms with E-state index in [0.29, 0.717) is 0 Å². The van der Waals surface area contributed by atoms with Crippen molar-refractivity contribution in [2.24, 2.45) is 4.99 Å². The minimum Gasteiger partial charge on any atom is -0.487 e. The van der Waals surface area contributed by atoms with Crippen molar-refractivity contribution in [3.63, 3.8) is 0 Å². The Labute approximate surface area is 113 Å². The van der Waals surface area contributed by atoms with Crippen LogP contribution in [0.5, 0.6) is 5.75 Å². The maximum absolute atomic E-state index is 12.7. The molecule has 1 aliphatic rings. The van der Waals surface area contributed by atoms with Gasteiger partial charge in [0.15, 0.2) is 0 Å². The molecule has 0 saturated heterocycles. The Bertz CT molecular complexity index is 690. The van der Waals surface area contributed by atoms with Crippen molar-refractivity contribution in [3.8, 4) is 5.75 Å². The minimum atomic E-state index is -4.54. The minimum absolute atomic E-state index is 0.0690. The van der Waals surface area contributed by atoms with Gasteiger partial charge in [-0.05, 0) is 19.1 Å². The fourth-order valence-electron chi connectivity index (χ4n) is 1.60. The number of ether oxygens (including phenoxy) is 1. The molecular formula is C12H10F3NO3S. The number of alkyl halides is 3. The fraction of sp³-hybridized carbons (Fsp3) is 0.250. The van der Waals surface area contributed by atoms with Gasteiger partial charge in [-0.2, -0.15) is 13.2 Å². The molecule has 1 aliphatic heterocycles. The molecular weight excluding hydrogens is 295 g/mol. The molecule has 0 aromatic heterocycles. The molecule has 0 saturated carbocycles. The highest BCUT2D eigenvalue weighted by atomic mass is 32.2. The van der Waals surface area contributed by atoms with Crippen LogP contribution in [0.1, 0.15) is 12.5 Å². The summed E-state index contributed by atoms with van der Waals surface area (Å²) < 4.78 is 65.9. The number of nitrogens with zero attached hydrogens (tertiary/aromatic N) is 1. The molecule has 0 N–H and O–H groups in total. The maximum Gasteiger partial charge on any atom is 0.419 e. The van der Waals surface area contributed by atoms with Gasteiger partial charge in [-0.1, -0.05) is 12.1 Å². The standard InChI is InChI=1S/C12H10F3NO3S/c1-8-16-9(7-20(8,17)18)6-19-11-5-3-2-4-10(11)12(13,14)15/h2-5,7H,6H2,1H3. The summed E-state index contributed by atoms with van der Waals surface area (Å²) in [5, 5.41) is 0.790. The summed E-state index contributed by atoms with van der Waals surface area (Å²) in [4.78, 5) is 3.73. The van der Waals surface area contributed by atoms with E-state index in [0.717, 1.165) is 11.5 Å². The lowest BCUT2D eigenvalue weighted by Crippen LogP contribution is -2.09. The van der Waals surface area contributed by atoms with Crippen LogP contribution in [-0.2, 0) is 16.0 Å². The van der Waals surface area contributed by atoms with Gasteiger partial charge in [0.1, 0.15) is 17.4 Å². The molecule has 0 unspecified atom stereocenters. The number of aliphatic imine (C=N–C) groups is 1. The van der Waals surface area contributed by atoms with Gasteiger partial charge in [-0.15, -0.1) is 0 Å². The first kappa shape index (κ1) is 14.6. The van der Waals surface area contributed by atoms with E-state index in [1.807, 2.05) is 0 Å². The van der Waals surface area contributed by atoms with Crippen molar-refractivity contribution in [1.82, 2.24) is 0 Å². The average Bonchev–Trinajstić information content (AvgIpc) is 2.60. The van der Waals surface area contributed by atoms with Crippen LogP contribution < -0.4 is 4.74 Å². The van der Waals surface area contributed by atoms with Crippen LogP contribution in [0, 0.1) is 0 Å².